The summed E-state index contributed by atoms with van der Waals surface area (Å²) >= 11 is 6.07. The van der Waals surface area contributed by atoms with Crippen molar-refractivity contribution in [2.75, 3.05) is 20.8 Å². The zero-order valence-electron chi connectivity index (χ0n) is 19.6. The molecule has 1 N–H and O–H groups in total. The smallest absolute Gasteiger partial charge is 0.255 e. The van der Waals surface area contributed by atoms with Crippen LogP contribution >= 0.6 is 11.6 Å². The SMILES string of the molecule is COc1ccc(OC)c(C=NNC(=O)CN(Cc2cccc(Cl)c2)S(=O)(=O)c2ccc(C)cc2)c1. The van der Waals surface area contributed by atoms with Crippen molar-refractivity contribution in [3.8, 4) is 11.5 Å². The summed E-state index contributed by atoms with van der Waals surface area (Å²) in [6.45, 7) is 1.37. The molecule has 0 heterocycles. The first kappa shape index (κ1) is 26.2. The van der Waals surface area contributed by atoms with Gasteiger partial charge >= 0.3 is 0 Å². The molecule has 184 valence electrons. The van der Waals surface area contributed by atoms with Crippen molar-refractivity contribution in [3.63, 3.8) is 0 Å². The van der Waals surface area contributed by atoms with E-state index in [4.69, 9.17) is 21.1 Å². The number of aryl methyl sites for hydroxylation is 1. The van der Waals surface area contributed by atoms with Gasteiger partial charge < -0.3 is 9.47 Å². The van der Waals surface area contributed by atoms with Crippen LogP contribution in [0.25, 0.3) is 0 Å². The van der Waals surface area contributed by atoms with E-state index < -0.39 is 22.5 Å². The second-order valence-corrected chi connectivity index (χ2v) is 9.99. The third kappa shape index (κ3) is 7.05. The van der Waals surface area contributed by atoms with E-state index in [9.17, 15) is 13.2 Å². The molecule has 0 radical (unpaired) electrons. The summed E-state index contributed by atoms with van der Waals surface area (Å²) in [5.41, 5.74) is 4.53. The number of halogens is 1. The number of sulfonamides is 1. The van der Waals surface area contributed by atoms with Crippen LogP contribution in [0, 0.1) is 6.92 Å². The summed E-state index contributed by atoms with van der Waals surface area (Å²) in [5, 5.41) is 4.43. The Hall–Kier alpha value is -3.40. The van der Waals surface area contributed by atoms with E-state index in [1.807, 2.05) is 6.92 Å². The first-order chi connectivity index (χ1) is 16.7. The molecule has 35 heavy (non-hydrogen) atoms. The van der Waals surface area contributed by atoms with Crippen LogP contribution in [0.1, 0.15) is 16.7 Å². The lowest BCUT2D eigenvalue weighted by atomic mass is 10.2. The molecule has 0 aliphatic rings. The molecule has 3 aromatic carbocycles. The minimum atomic E-state index is -3.98. The maximum atomic E-state index is 13.4. The Kier molecular flexibility index (Phi) is 8.86. The Morgan fingerprint density at radius 2 is 1.80 bits per heavy atom. The van der Waals surface area contributed by atoms with Crippen LogP contribution in [0.3, 0.4) is 0 Å². The minimum absolute atomic E-state index is 0.0440. The van der Waals surface area contributed by atoms with Crippen molar-refractivity contribution >= 4 is 33.7 Å². The number of benzene rings is 3. The number of methoxy groups -OCH3 is 2. The summed E-state index contributed by atoms with van der Waals surface area (Å²) in [6, 6.07) is 18.4. The Morgan fingerprint density at radius 1 is 1.06 bits per heavy atom. The van der Waals surface area contributed by atoms with Gasteiger partial charge in [0.2, 0.25) is 10.0 Å². The number of rotatable bonds is 10. The number of carbonyl (C=O) groups excluding carboxylic acids is 1. The van der Waals surface area contributed by atoms with Crippen LogP contribution in [-0.2, 0) is 21.4 Å². The zero-order chi connectivity index (χ0) is 25.4. The van der Waals surface area contributed by atoms with Gasteiger partial charge in [-0.05, 0) is 55.0 Å². The summed E-state index contributed by atoms with van der Waals surface area (Å²) < 4.78 is 38.3. The standard InChI is InChI=1S/C25H26ClN3O5S/c1-18-7-10-23(11-8-18)35(31,32)29(16-19-5-4-6-21(26)13-19)17-25(30)28-27-15-20-14-22(33-2)9-12-24(20)34-3/h4-15H,16-17H2,1-3H3,(H,28,30). The Labute approximate surface area is 210 Å². The van der Waals surface area contributed by atoms with E-state index in [1.165, 1.54) is 32.6 Å². The number of ether oxygens (including phenoxy) is 2. The quantitative estimate of drug-likeness (QED) is 0.325. The molecule has 0 spiro atoms. The van der Waals surface area contributed by atoms with Gasteiger partial charge in [-0.25, -0.2) is 13.8 Å². The largest absolute Gasteiger partial charge is 0.497 e. The monoisotopic (exact) mass is 515 g/mol. The molecule has 0 fully saturated rings. The van der Waals surface area contributed by atoms with Crippen LogP contribution in [0.4, 0.5) is 0 Å². The predicted molar refractivity (Wildman–Crippen MR) is 136 cm³/mol. The average Bonchev–Trinajstić information content (AvgIpc) is 2.84. The van der Waals surface area contributed by atoms with Gasteiger partial charge in [0.05, 0.1) is 31.9 Å². The van der Waals surface area contributed by atoms with Gasteiger partial charge in [0.1, 0.15) is 11.5 Å². The number of hydrogen-bond acceptors (Lipinski definition) is 6. The van der Waals surface area contributed by atoms with Gasteiger partial charge in [-0.3, -0.25) is 4.79 Å². The molecular formula is C25H26ClN3O5S. The molecule has 0 aromatic heterocycles. The van der Waals surface area contributed by atoms with Gasteiger partial charge in [-0.1, -0.05) is 41.4 Å². The van der Waals surface area contributed by atoms with E-state index in [0.29, 0.717) is 27.6 Å². The molecule has 1 amide bonds. The summed E-state index contributed by atoms with van der Waals surface area (Å²) in [6.07, 6.45) is 1.40. The van der Waals surface area contributed by atoms with Crippen molar-refractivity contribution in [2.45, 2.75) is 18.4 Å². The molecule has 0 atom stereocenters. The van der Waals surface area contributed by atoms with Crippen molar-refractivity contribution < 1.29 is 22.7 Å². The fourth-order valence-electron chi connectivity index (χ4n) is 3.23. The number of hydrazone groups is 1. The maximum absolute atomic E-state index is 13.4. The van der Waals surface area contributed by atoms with Gasteiger partial charge in [-0.2, -0.15) is 9.41 Å². The van der Waals surface area contributed by atoms with Crippen LogP contribution in [0.2, 0.25) is 5.02 Å². The Bertz CT molecular complexity index is 1310. The molecule has 0 saturated heterocycles. The zero-order valence-corrected chi connectivity index (χ0v) is 21.1. The lowest BCUT2D eigenvalue weighted by molar-refractivity contribution is -0.121. The molecular weight excluding hydrogens is 490 g/mol. The highest BCUT2D eigenvalue weighted by molar-refractivity contribution is 7.89. The van der Waals surface area contributed by atoms with Gasteiger partial charge in [-0.15, -0.1) is 0 Å². The number of amides is 1. The van der Waals surface area contributed by atoms with Crippen LogP contribution in [0.5, 0.6) is 11.5 Å². The highest BCUT2D eigenvalue weighted by atomic mass is 35.5. The number of carbonyl (C=O) groups is 1. The normalized spacial score (nSPS) is 11.6. The van der Waals surface area contributed by atoms with E-state index in [1.54, 1.807) is 54.6 Å². The Morgan fingerprint density at radius 3 is 2.46 bits per heavy atom. The molecule has 0 aliphatic carbocycles. The number of nitrogens with zero attached hydrogens (tertiary/aromatic N) is 2. The van der Waals surface area contributed by atoms with Gasteiger partial charge in [0.15, 0.2) is 0 Å². The molecule has 3 rings (SSSR count). The van der Waals surface area contributed by atoms with Crippen molar-refractivity contribution in [1.29, 1.82) is 0 Å². The summed E-state index contributed by atoms with van der Waals surface area (Å²) in [7, 11) is -0.929. The van der Waals surface area contributed by atoms with Crippen LogP contribution in [0.15, 0.2) is 76.7 Å². The fraction of sp³-hybridized carbons (Fsp3) is 0.200. The van der Waals surface area contributed by atoms with E-state index in [-0.39, 0.29) is 11.4 Å². The lowest BCUT2D eigenvalue weighted by Gasteiger charge is -2.21. The van der Waals surface area contributed by atoms with Crippen molar-refractivity contribution in [1.82, 2.24) is 9.73 Å². The van der Waals surface area contributed by atoms with Crippen molar-refractivity contribution in [3.05, 3.63) is 88.4 Å². The molecule has 0 unspecified atom stereocenters. The van der Waals surface area contributed by atoms with E-state index >= 15 is 0 Å². The maximum Gasteiger partial charge on any atom is 0.255 e. The van der Waals surface area contributed by atoms with Gasteiger partial charge in [0.25, 0.3) is 5.91 Å². The third-order valence-corrected chi connectivity index (χ3v) is 7.10. The molecule has 10 heteroatoms. The topological polar surface area (TPSA) is 97.3 Å². The number of hydrogen-bond donors (Lipinski definition) is 1. The van der Waals surface area contributed by atoms with Crippen LogP contribution < -0.4 is 14.9 Å². The van der Waals surface area contributed by atoms with E-state index in [0.717, 1.165) is 9.87 Å². The molecule has 0 saturated carbocycles. The average molecular weight is 516 g/mol. The van der Waals surface area contributed by atoms with Crippen LogP contribution in [-0.4, -0.2) is 45.6 Å². The minimum Gasteiger partial charge on any atom is -0.497 e. The highest BCUT2D eigenvalue weighted by Gasteiger charge is 2.27. The van der Waals surface area contributed by atoms with E-state index in [2.05, 4.69) is 10.5 Å². The number of nitrogens with one attached hydrogen (secondary N) is 1. The first-order valence-corrected chi connectivity index (χ1v) is 12.4. The molecule has 3 aromatic rings. The van der Waals surface area contributed by atoms with Crippen molar-refractivity contribution in [2.24, 2.45) is 5.10 Å². The second kappa shape index (κ2) is 11.8. The third-order valence-electron chi connectivity index (χ3n) is 5.06. The molecule has 0 bridgehead atoms. The lowest BCUT2D eigenvalue weighted by Crippen LogP contribution is -2.39. The molecule has 8 nitrogen and oxygen atoms in total. The fourth-order valence-corrected chi connectivity index (χ4v) is 4.83. The van der Waals surface area contributed by atoms with Gasteiger partial charge in [0, 0.05) is 17.1 Å². The highest BCUT2D eigenvalue weighted by Crippen LogP contribution is 2.23. The summed E-state index contributed by atoms with van der Waals surface area (Å²) in [5.74, 6) is 0.518. The Balaban J connectivity index is 1.81. The first-order valence-electron chi connectivity index (χ1n) is 10.6. The predicted octanol–water partition coefficient (Wildman–Crippen LogP) is 4.01. The molecule has 0 aliphatic heterocycles. The summed E-state index contributed by atoms with van der Waals surface area (Å²) in [4.78, 5) is 12.8. The second-order valence-electron chi connectivity index (χ2n) is 7.62.